The molecule has 2 aromatic rings. The first kappa shape index (κ1) is 13.1. The number of ketones is 1. The van der Waals surface area contributed by atoms with Crippen LogP contribution in [-0.2, 0) is 11.2 Å². The zero-order valence-corrected chi connectivity index (χ0v) is 10.2. The van der Waals surface area contributed by atoms with E-state index in [4.69, 9.17) is 0 Å². The fourth-order valence-corrected chi connectivity index (χ4v) is 2.24. The summed E-state index contributed by atoms with van der Waals surface area (Å²) in [5.41, 5.74) is 0.460. The largest absolute Gasteiger partial charge is 0.450 e. The Morgan fingerprint density at radius 3 is 2.65 bits per heavy atom. The summed E-state index contributed by atoms with van der Waals surface area (Å²) in [4.78, 5) is 15.0. The summed E-state index contributed by atoms with van der Waals surface area (Å²) in [6.45, 7) is 0. The summed E-state index contributed by atoms with van der Waals surface area (Å²) in [5, 5.41) is 0. The van der Waals surface area contributed by atoms with Crippen molar-refractivity contribution in [1.29, 1.82) is 0 Å². The second kappa shape index (κ2) is 4.29. The number of carbonyl (C=O) groups is 1. The van der Waals surface area contributed by atoms with Crippen LogP contribution in [0.2, 0.25) is 0 Å². The zero-order chi connectivity index (χ0) is 14.5. The Hall–Kier alpha value is -1.92. The molecule has 1 aliphatic rings. The third-order valence-electron chi connectivity index (χ3n) is 3.29. The molecule has 0 radical (unpaired) electrons. The molecule has 1 saturated carbocycles. The molecule has 1 heterocycles. The number of benzene rings is 1. The third kappa shape index (κ3) is 2.17. The van der Waals surface area contributed by atoms with Crippen LogP contribution in [0.4, 0.5) is 17.6 Å². The van der Waals surface area contributed by atoms with Gasteiger partial charge in [-0.25, -0.2) is 9.37 Å². The molecule has 3 nitrogen and oxygen atoms in total. The van der Waals surface area contributed by atoms with E-state index in [-0.39, 0.29) is 17.4 Å². The molecule has 20 heavy (non-hydrogen) atoms. The van der Waals surface area contributed by atoms with Crippen molar-refractivity contribution in [3.63, 3.8) is 0 Å². The maximum Gasteiger partial charge on any atom is 0.450 e. The highest BCUT2D eigenvalue weighted by atomic mass is 19.4. The first-order valence-corrected chi connectivity index (χ1v) is 6.13. The molecular weight excluding hydrogens is 276 g/mol. The molecular formula is C13H10F4N2O. The summed E-state index contributed by atoms with van der Waals surface area (Å²) in [5.74, 6) is -2.48. The smallest absolute Gasteiger partial charge is 0.324 e. The maximum absolute atomic E-state index is 13.7. The number of fused-ring (bicyclic) bond motifs is 1. The van der Waals surface area contributed by atoms with Crippen LogP contribution in [0.15, 0.2) is 18.2 Å². The molecule has 0 spiro atoms. The van der Waals surface area contributed by atoms with Crippen molar-refractivity contribution in [3.05, 3.63) is 29.8 Å². The maximum atomic E-state index is 13.7. The minimum atomic E-state index is -4.90. The molecule has 1 aliphatic carbocycles. The monoisotopic (exact) mass is 286 g/mol. The van der Waals surface area contributed by atoms with Gasteiger partial charge in [-0.2, -0.15) is 13.2 Å². The van der Waals surface area contributed by atoms with Crippen molar-refractivity contribution in [1.82, 2.24) is 9.55 Å². The molecule has 1 fully saturated rings. The van der Waals surface area contributed by atoms with Gasteiger partial charge in [-0.1, -0.05) is 6.07 Å². The Labute approximate surface area is 111 Å². The Bertz CT molecular complexity index is 685. The molecule has 1 aromatic heterocycles. The van der Waals surface area contributed by atoms with Crippen molar-refractivity contribution in [2.24, 2.45) is 0 Å². The lowest BCUT2D eigenvalue weighted by Gasteiger charge is -2.08. The summed E-state index contributed by atoms with van der Waals surface area (Å²) >= 11 is 0. The molecule has 0 unspecified atom stereocenters. The molecule has 0 amide bonds. The van der Waals surface area contributed by atoms with E-state index in [1.807, 2.05) is 0 Å². The van der Waals surface area contributed by atoms with Gasteiger partial charge in [0.1, 0.15) is 11.3 Å². The lowest BCUT2D eigenvalue weighted by Crippen LogP contribution is -2.26. The number of halogens is 4. The Balaban J connectivity index is 2.08. The number of carbonyl (C=O) groups excluding carboxylic acids is 1. The fraction of sp³-hybridized carbons (Fsp3) is 0.385. The molecule has 7 heteroatoms. The van der Waals surface area contributed by atoms with Crippen molar-refractivity contribution in [3.8, 4) is 0 Å². The van der Waals surface area contributed by atoms with Crippen LogP contribution in [0.1, 0.15) is 24.7 Å². The van der Waals surface area contributed by atoms with E-state index in [9.17, 15) is 22.4 Å². The number of hydrogen-bond donors (Lipinski definition) is 0. The lowest BCUT2D eigenvalue weighted by atomic mass is 10.2. The van der Waals surface area contributed by atoms with Crippen molar-refractivity contribution in [2.45, 2.75) is 31.5 Å². The standard InChI is InChI=1S/C13H10F4N2O/c14-8-2-1-3-9-12(8)18-11(19(9)7-4-5-7)6-10(20)13(15,16)17/h1-3,7H,4-6H2. The van der Waals surface area contributed by atoms with Crippen molar-refractivity contribution < 1.29 is 22.4 Å². The first-order chi connectivity index (χ1) is 9.38. The van der Waals surface area contributed by atoms with Gasteiger partial charge >= 0.3 is 6.18 Å². The Morgan fingerprint density at radius 2 is 2.05 bits per heavy atom. The summed E-state index contributed by atoms with van der Waals surface area (Å²) in [7, 11) is 0. The van der Waals surface area contributed by atoms with E-state index < -0.39 is 24.2 Å². The van der Waals surface area contributed by atoms with E-state index in [1.165, 1.54) is 12.1 Å². The van der Waals surface area contributed by atoms with Crippen LogP contribution in [0, 0.1) is 5.82 Å². The normalized spacial score (nSPS) is 15.8. The molecule has 0 atom stereocenters. The van der Waals surface area contributed by atoms with Crippen LogP contribution >= 0.6 is 0 Å². The van der Waals surface area contributed by atoms with Gasteiger partial charge in [-0.3, -0.25) is 4.79 Å². The van der Waals surface area contributed by atoms with Gasteiger partial charge in [0.25, 0.3) is 0 Å². The number of rotatable bonds is 3. The Kier molecular flexibility index (Phi) is 2.81. The number of alkyl halides is 3. The first-order valence-electron chi connectivity index (χ1n) is 6.13. The number of nitrogens with zero attached hydrogens (tertiary/aromatic N) is 2. The number of para-hydroxylation sites is 1. The van der Waals surface area contributed by atoms with E-state index in [0.29, 0.717) is 5.52 Å². The summed E-state index contributed by atoms with van der Waals surface area (Å²) in [6, 6.07) is 4.29. The number of imidazole rings is 1. The van der Waals surface area contributed by atoms with E-state index in [2.05, 4.69) is 4.98 Å². The number of hydrogen-bond acceptors (Lipinski definition) is 2. The average Bonchev–Trinajstić information content (AvgIpc) is 3.11. The quantitative estimate of drug-likeness (QED) is 0.812. The summed E-state index contributed by atoms with van der Waals surface area (Å²) in [6.07, 6.45) is -4.15. The van der Waals surface area contributed by atoms with Crippen LogP contribution in [0.25, 0.3) is 11.0 Å². The minimum Gasteiger partial charge on any atom is -0.324 e. The number of Topliss-reactive ketones (excluding diaryl/α,β-unsaturated/α-hetero) is 1. The summed E-state index contributed by atoms with van der Waals surface area (Å²) < 4.78 is 52.3. The SMILES string of the molecule is O=C(Cc1nc2c(F)cccc2n1C1CC1)C(F)(F)F. The highest BCUT2D eigenvalue weighted by molar-refractivity contribution is 5.87. The third-order valence-corrected chi connectivity index (χ3v) is 3.29. The van der Waals surface area contributed by atoms with E-state index in [1.54, 1.807) is 10.6 Å². The molecule has 1 aromatic carbocycles. The predicted octanol–water partition coefficient (Wildman–Crippen LogP) is 3.18. The van der Waals surface area contributed by atoms with Gasteiger partial charge in [0.2, 0.25) is 5.78 Å². The zero-order valence-electron chi connectivity index (χ0n) is 10.2. The second-order valence-corrected chi connectivity index (χ2v) is 4.83. The molecule has 106 valence electrons. The van der Waals surface area contributed by atoms with Gasteiger partial charge in [-0.05, 0) is 25.0 Å². The number of aromatic nitrogens is 2. The van der Waals surface area contributed by atoms with Crippen LogP contribution in [0.3, 0.4) is 0 Å². The van der Waals surface area contributed by atoms with E-state index >= 15 is 0 Å². The average molecular weight is 286 g/mol. The van der Waals surface area contributed by atoms with Crippen LogP contribution in [-0.4, -0.2) is 21.5 Å². The fourth-order valence-electron chi connectivity index (χ4n) is 2.24. The Morgan fingerprint density at radius 1 is 1.35 bits per heavy atom. The van der Waals surface area contributed by atoms with Crippen LogP contribution in [0.5, 0.6) is 0 Å². The highest BCUT2D eigenvalue weighted by Gasteiger charge is 2.40. The molecule has 0 saturated heterocycles. The molecule has 3 rings (SSSR count). The van der Waals surface area contributed by atoms with E-state index in [0.717, 1.165) is 12.8 Å². The predicted molar refractivity (Wildman–Crippen MR) is 62.7 cm³/mol. The topological polar surface area (TPSA) is 34.9 Å². The van der Waals surface area contributed by atoms with Crippen LogP contribution < -0.4 is 0 Å². The van der Waals surface area contributed by atoms with Gasteiger partial charge in [0, 0.05) is 6.04 Å². The minimum absolute atomic E-state index is 0.0119. The van der Waals surface area contributed by atoms with Crippen molar-refractivity contribution >= 4 is 16.8 Å². The van der Waals surface area contributed by atoms with Gasteiger partial charge in [0.05, 0.1) is 11.9 Å². The van der Waals surface area contributed by atoms with Gasteiger partial charge in [0.15, 0.2) is 5.82 Å². The molecule has 0 N–H and O–H groups in total. The lowest BCUT2D eigenvalue weighted by molar-refractivity contribution is -0.170. The van der Waals surface area contributed by atoms with Crippen molar-refractivity contribution in [2.75, 3.05) is 0 Å². The van der Waals surface area contributed by atoms with Gasteiger partial charge in [-0.15, -0.1) is 0 Å². The second-order valence-electron chi connectivity index (χ2n) is 4.83. The molecule has 0 aliphatic heterocycles. The van der Waals surface area contributed by atoms with Gasteiger partial charge < -0.3 is 4.57 Å². The molecule has 0 bridgehead atoms. The highest BCUT2D eigenvalue weighted by Crippen LogP contribution is 2.39.